The van der Waals surface area contributed by atoms with Gasteiger partial charge in [0.1, 0.15) is 11.4 Å². The molecule has 0 fully saturated rings. The molecule has 1 aliphatic carbocycles. The molecule has 0 saturated heterocycles. The van der Waals surface area contributed by atoms with E-state index in [2.05, 4.69) is 36.4 Å². The zero-order chi connectivity index (χ0) is 23.0. The number of nitrogens with one attached hydrogen (secondary N) is 2. The van der Waals surface area contributed by atoms with E-state index in [9.17, 15) is 14.4 Å². The lowest BCUT2D eigenvalue weighted by atomic mass is 9.72. The largest absolute Gasteiger partial charge is 0.326 e. The molecule has 0 bridgehead atoms. The molecular formula is C24H28N4O3S. The van der Waals surface area contributed by atoms with Crippen LogP contribution in [0.15, 0.2) is 35.4 Å². The molecule has 1 unspecified atom stereocenters. The number of thiophene rings is 1. The summed E-state index contributed by atoms with van der Waals surface area (Å²) >= 11 is 1.61. The second kappa shape index (κ2) is 8.50. The standard InChI is InChI=1S/C24H28N4O3S/c1-14(29)26-16-6-8-17(9-7-16)27-20(30)12-28-13-25-22-21(23(28)31)18-10-5-15(24(2,3)4)11-19(18)32-22/h6-9,13,15H,5,10-12H2,1-4H3,(H,26,29)(H,27,30). The number of amides is 2. The minimum Gasteiger partial charge on any atom is -0.326 e. The van der Waals surface area contributed by atoms with Gasteiger partial charge in [0.15, 0.2) is 0 Å². The minimum atomic E-state index is -0.308. The summed E-state index contributed by atoms with van der Waals surface area (Å²) in [7, 11) is 0. The molecule has 2 amide bonds. The van der Waals surface area contributed by atoms with Crippen molar-refractivity contribution in [3.63, 3.8) is 0 Å². The Balaban J connectivity index is 1.52. The van der Waals surface area contributed by atoms with Crippen LogP contribution in [-0.4, -0.2) is 21.4 Å². The number of rotatable bonds is 4. The van der Waals surface area contributed by atoms with Crippen LogP contribution in [0.4, 0.5) is 11.4 Å². The average Bonchev–Trinajstić information content (AvgIpc) is 3.09. The number of carbonyl (C=O) groups excluding carboxylic acids is 2. The van der Waals surface area contributed by atoms with Crippen LogP contribution in [-0.2, 0) is 29.0 Å². The Morgan fingerprint density at radius 3 is 2.44 bits per heavy atom. The van der Waals surface area contributed by atoms with Gasteiger partial charge in [-0.25, -0.2) is 4.98 Å². The van der Waals surface area contributed by atoms with Crippen molar-refractivity contribution in [1.29, 1.82) is 0 Å². The van der Waals surface area contributed by atoms with Gasteiger partial charge in [0.25, 0.3) is 5.56 Å². The van der Waals surface area contributed by atoms with Gasteiger partial charge in [0.2, 0.25) is 11.8 Å². The monoisotopic (exact) mass is 452 g/mol. The van der Waals surface area contributed by atoms with E-state index in [1.165, 1.54) is 22.7 Å². The van der Waals surface area contributed by atoms with Crippen molar-refractivity contribution >= 4 is 44.7 Å². The first-order chi connectivity index (χ1) is 15.1. The van der Waals surface area contributed by atoms with Gasteiger partial charge in [-0.2, -0.15) is 0 Å². The van der Waals surface area contributed by atoms with Crippen molar-refractivity contribution in [1.82, 2.24) is 9.55 Å². The van der Waals surface area contributed by atoms with Crippen molar-refractivity contribution in [3.8, 4) is 0 Å². The molecule has 0 saturated carbocycles. The van der Waals surface area contributed by atoms with E-state index >= 15 is 0 Å². The van der Waals surface area contributed by atoms with Crippen LogP contribution in [0.5, 0.6) is 0 Å². The first kappa shape index (κ1) is 22.2. The molecule has 4 rings (SSSR count). The van der Waals surface area contributed by atoms with E-state index < -0.39 is 0 Å². The number of aromatic nitrogens is 2. The molecule has 7 nitrogen and oxygen atoms in total. The zero-order valence-corrected chi connectivity index (χ0v) is 19.6. The molecule has 2 N–H and O–H groups in total. The third kappa shape index (κ3) is 4.60. The quantitative estimate of drug-likeness (QED) is 0.620. The van der Waals surface area contributed by atoms with Gasteiger partial charge in [-0.1, -0.05) is 20.8 Å². The number of anilines is 2. The highest BCUT2D eigenvalue weighted by Gasteiger charge is 2.31. The number of aryl methyl sites for hydroxylation is 1. The highest BCUT2D eigenvalue weighted by Crippen LogP contribution is 2.41. The van der Waals surface area contributed by atoms with Crippen LogP contribution in [0.2, 0.25) is 0 Å². The predicted octanol–water partition coefficient (Wildman–Crippen LogP) is 4.21. The van der Waals surface area contributed by atoms with E-state index in [1.54, 1.807) is 35.6 Å². The van der Waals surface area contributed by atoms with Crippen LogP contribution in [0, 0.1) is 11.3 Å². The molecule has 1 aromatic carbocycles. The van der Waals surface area contributed by atoms with Crippen LogP contribution < -0.4 is 16.2 Å². The van der Waals surface area contributed by atoms with Gasteiger partial charge in [-0.05, 0) is 60.4 Å². The minimum absolute atomic E-state index is 0.107. The lowest BCUT2D eigenvalue weighted by molar-refractivity contribution is -0.117. The fourth-order valence-electron chi connectivity index (χ4n) is 4.25. The first-order valence-corrected chi connectivity index (χ1v) is 11.6. The normalized spacial score (nSPS) is 15.9. The number of hydrogen-bond donors (Lipinski definition) is 2. The maximum atomic E-state index is 13.2. The molecule has 2 aromatic heterocycles. The van der Waals surface area contributed by atoms with E-state index in [0.717, 1.165) is 29.7 Å². The summed E-state index contributed by atoms with van der Waals surface area (Å²) in [6, 6.07) is 6.82. The number of hydrogen-bond acceptors (Lipinski definition) is 5. The Hall–Kier alpha value is -3.00. The third-order valence-electron chi connectivity index (χ3n) is 6.06. The van der Waals surface area contributed by atoms with Gasteiger partial charge >= 0.3 is 0 Å². The smallest absolute Gasteiger partial charge is 0.262 e. The molecule has 8 heteroatoms. The van der Waals surface area contributed by atoms with Crippen LogP contribution in [0.1, 0.15) is 44.6 Å². The second-order valence-electron chi connectivity index (χ2n) is 9.47. The molecule has 0 radical (unpaired) electrons. The molecule has 0 spiro atoms. The van der Waals surface area contributed by atoms with Gasteiger partial charge in [-0.3, -0.25) is 19.0 Å². The molecule has 0 aliphatic heterocycles. The summed E-state index contributed by atoms with van der Waals surface area (Å²) in [6.07, 6.45) is 4.39. The fourth-order valence-corrected chi connectivity index (χ4v) is 5.51. The molecule has 3 aromatic rings. The van der Waals surface area contributed by atoms with Crippen LogP contribution in [0.25, 0.3) is 10.2 Å². The zero-order valence-electron chi connectivity index (χ0n) is 18.8. The molecule has 168 valence electrons. The molecule has 32 heavy (non-hydrogen) atoms. The van der Waals surface area contributed by atoms with E-state index in [4.69, 9.17) is 0 Å². The first-order valence-electron chi connectivity index (χ1n) is 10.8. The summed E-state index contributed by atoms with van der Waals surface area (Å²) in [5.74, 6) is 0.124. The molecule has 1 atom stereocenters. The lowest BCUT2D eigenvalue weighted by Crippen LogP contribution is -2.29. The van der Waals surface area contributed by atoms with E-state index in [1.807, 2.05) is 0 Å². The molecule has 1 aliphatic rings. The number of fused-ring (bicyclic) bond motifs is 3. The Bertz CT molecular complexity index is 1240. The van der Waals surface area contributed by atoms with Crippen molar-refractivity contribution in [2.75, 3.05) is 10.6 Å². The summed E-state index contributed by atoms with van der Waals surface area (Å²) in [5.41, 5.74) is 2.44. The number of carbonyl (C=O) groups is 2. The lowest BCUT2D eigenvalue weighted by Gasteiger charge is -2.33. The molecular weight excluding hydrogens is 424 g/mol. The Morgan fingerprint density at radius 1 is 1.16 bits per heavy atom. The summed E-state index contributed by atoms with van der Waals surface area (Å²) < 4.78 is 1.38. The third-order valence-corrected chi connectivity index (χ3v) is 7.23. The van der Waals surface area contributed by atoms with E-state index in [0.29, 0.717) is 22.7 Å². The number of nitrogens with zero attached hydrogens (tertiary/aromatic N) is 2. The van der Waals surface area contributed by atoms with Crippen molar-refractivity contribution < 1.29 is 9.59 Å². The average molecular weight is 453 g/mol. The fraction of sp³-hybridized carbons (Fsp3) is 0.417. The maximum Gasteiger partial charge on any atom is 0.262 e. The highest BCUT2D eigenvalue weighted by molar-refractivity contribution is 7.18. The summed E-state index contributed by atoms with van der Waals surface area (Å²) in [6.45, 7) is 8.14. The second-order valence-corrected chi connectivity index (χ2v) is 10.6. The van der Waals surface area contributed by atoms with Crippen molar-refractivity contribution in [2.24, 2.45) is 11.3 Å². The van der Waals surface area contributed by atoms with Crippen molar-refractivity contribution in [3.05, 3.63) is 51.4 Å². The Kier molecular flexibility index (Phi) is 5.90. The summed E-state index contributed by atoms with van der Waals surface area (Å²) in [5, 5.41) is 6.14. The predicted molar refractivity (Wildman–Crippen MR) is 128 cm³/mol. The van der Waals surface area contributed by atoms with Gasteiger partial charge in [0, 0.05) is 23.2 Å². The topological polar surface area (TPSA) is 93.1 Å². The van der Waals surface area contributed by atoms with E-state index in [-0.39, 0.29) is 29.3 Å². The van der Waals surface area contributed by atoms with Crippen LogP contribution in [0.3, 0.4) is 0 Å². The number of benzene rings is 1. The van der Waals surface area contributed by atoms with Gasteiger partial charge in [0.05, 0.1) is 11.7 Å². The van der Waals surface area contributed by atoms with Gasteiger partial charge in [-0.15, -0.1) is 11.3 Å². The Labute approximate surface area is 190 Å². The molecule has 2 heterocycles. The van der Waals surface area contributed by atoms with Crippen LogP contribution >= 0.6 is 11.3 Å². The SMILES string of the molecule is CC(=O)Nc1ccc(NC(=O)Cn2cnc3sc4c(c3c2=O)CCC(C(C)(C)C)C4)cc1. The Morgan fingerprint density at radius 2 is 1.81 bits per heavy atom. The van der Waals surface area contributed by atoms with Crippen molar-refractivity contribution in [2.45, 2.75) is 53.5 Å². The van der Waals surface area contributed by atoms with Gasteiger partial charge < -0.3 is 10.6 Å². The summed E-state index contributed by atoms with van der Waals surface area (Å²) in [4.78, 5) is 43.4. The highest BCUT2D eigenvalue weighted by atomic mass is 32.1. The maximum absolute atomic E-state index is 13.2.